The molecule has 6 heteroatoms. The van der Waals surface area contributed by atoms with Crippen molar-refractivity contribution in [3.05, 3.63) is 77.3 Å². The van der Waals surface area contributed by atoms with E-state index in [2.05, 4.69) is 4.99 Å². The van der Waals surface area contributed by atoms with Gasteiger partial charge in [0.1, 0.15) is 0 Å². The molecule has 0 spiro atoms. The van der Waals surface area contributed by atoms with Crippen molar-refractivity contribution in [2.75, 3.05) is 0 Å². The van der Waals surface area contributed by atoms with E-state index in [-0.39, 0.29) is 11.3 Å². The number of aromatic nitrogens is 1. The van der Waals surface area contributed by atoms with Crippen molar-refractivity contribution in [3.8, 4) is 0 Å². The number of allylic oxidation sites excluding steroid dienone is 2. The van der Waals surface area contributed by atoms with Crippen LogP contribution in [0, 0.1) is 0 Å². The van der Waals surface area contributed by atoms with Gasteiger partial charge in [-0.2, -0.15) is 0 Å². The van der Waals surface area contributed by atoms with Gasteiger partial charge < -0.3 is 4.48 Å². The number of nitrogens with zero attached hydrogens (tertiary/aromatic N) is 2. The molecule has 3 nitrogen and oxygen atoms in total. The molecule has 0 amide bonds. The molecular weight excluding hydrogens is 285 g/mol. The first-order valence-electron chi connectivity index (χ1n) is 6.66. The van der Waals surface area contributed by atoms with Crippen LogP contribution >= 0.6 is 0 Å². The van der Waals surface area contributed by atoms with Gasteiger partial charge in [-0.15, -0.1) is 0 Å². The number of benzene rings is 1. The second kappa shape index (κ2) is 5.93. The molecule has 0 bridgehead atoms. The van der Waals surface area contributed by atoms with E-state index >= 15 is 0 Å². The van der Waals surface area contributed by atoms with Crippen molar-refractivity contribution in [1.29, 1.82) is 0 Å². The summed E-state index contributed by atoms with van der Waals surface area (Å²) < 4.78 is 27.4. The van der Waals surface area contributed by atoms with E-state index in [1.165, 1.54) is 6.07 Å². The van der Waals surface area contributed by atoms with E-state index < -0.39 is 7.40 Å². The van der Waals surface area contributed by atoms with Crippen LogP contribution in [0.3, 0.4) is 0 Å². The summed E-state index contributed by atoms with van der Waals surface area (Å²) in [5, 5.41) is 0. The third-order valence-electron chi connectivity index (χ3n) is 3.34. The number of aldehydes is 1. The minimum atomic E-state index is -2.74. The Hall–Kier alpha value is -2.76. The van der Waals surface area contributed by atoms with Crippen LogP contribution in [-0.4, -0.2) is 24.4 Å². The monoisotopic (exact) mass is 296 g/mol. The van der Waals surface area contributed by atoms with Gasteiger partial charge in [-0.1, -0.05) is 30.3 Å². The van der Waals surface area contributed by atoms with Gasteiger partial charge in [0.25, 0.3) is 0 Å². The van der Waals surface area contributed by atoms with E-state index in [4.69, 9.17) is 0 Å². The van der Waals surface area contributed by atoms with Crippen molar-refractivity contribution in [1.82, 2.24) is 4.48 Å². The predicted molar refractivity (Wildman–Crippen MR) is 83.3 cm³/mol. The standard InChI is InChI=1S/C16H11BF2N2O/c18-17(19)21-10-12(11-22)9-15(21)16(14-7-4-8-20-14)13-5-2-1-3-6-13/h1-11H/b16-14-. The highest BCUT2D eigenvalue weighted by Gasteiger charge is 2.25. The summed E-state index contributed by atoms with van der Waals surface area (Å²) in [6.07, 6.45) is 6.82. The number of rotatable bonds is 4. The Bertz CT molecular complexity index is 778. The lowest BCUT2D eigenvalue weighted by molar-refractivity contribution is 0.112. The van der Waals surface area contributed by atoms with Gasteiger partial charge in [0.05, 0.1) is 5.70 Å². The molecule has 1 aliphatic rings. The topological polar surface area (TPSA) is 34.4 Å². The number of carbonyl (C=O) groups is 1. The Morgan fingerprint density at radius 1 is 1.23 bits per heavy atom. The lowest BCUT2D eigenvalue weighted by Crippen LogP contribution is -2.15. The summed E-state index contributed by atoms with van der Waals surface area (Å²) >= 11 is 0. The molecule has 22 heavy (non-hydrogen) atoms. The number of aliphatic imine (C=N–C) groups is 1. The number of carbonyl (C=O) groups excluding carboxylic acids is 1. The summed E-state index contributed by atoms with van der Waals surface area (Å²) in [4.78, 5) is 15.2. The largest absolute Gasteiger partial charge is 0.677 e. The van der Waals surface area contributed by atoms with Crippen LogP contribution in [0.2, 0.25) is 0 Å². The van der Waals surface area contributed by atoms with Crippen LogP contribution in [0.5, 0.6) is 0 Å². The van der Waals surface area contributed by atoms with Crippen molar-refractivity contribution < 1.29 is 13.4 Å². The second-order valence-electron chi connectivity index (χ2n) is 4.73. The summed E-state index contributed by atoms with van der Waals surface area (Å²) in [7, 11) is -2.74. The molecule has 2 aromatic rings. The maximum absolute atomic E-state index is 13.3. The van der Waals surface area contributed by atoms with Crippen LogP contribution in [0.4, 0.5) is 8.63 Å². The SMILES string of the molecule is O=Cc1cc(/C(=C2/C=CC=N2)c2ccccc2)n(B(F)F)c1. The Labute approximate surface area is 126 Å². The molecule has 0 N–H and O–H groups in total. The molecule has 108 valence electrons. The molecule has 0 unspecified atom stereocenters. The molecule has 1 aromatic carbocycles. The van der Waals surface area contributed by atoms with Crippen LogP contribution in [0.1, 0.15) is 21.6 Å². The van der Waals surface area contributed by atoms with Gasteiger partial charge in [-0.3, -0.25) is 18.4 Å². The smallest absolute Gasteiger partial charge is 0.331 e. The Morgan fingerprint density at radius 2 is 2.00 bits per heavy atom. The van der Waals surface area contributed by atoms with Crippen molar-refractivity contribution >= 4 is 25.5 Å². The van der Waals surface area contributed by atoms with E-state index in [0.29, 0.717) is 17.6 Å². The Morgan fingerprint density at radius 3 is 2.59 bits per heavy atom. The molecule has 3 rings (SSSR count). The fourth-order valence-corrected chi connectivity index (χ4v) is 2.41. The molecule has 0 atom stereocenters. The maximum atomic E-state index is 13.3. The molecule has 0 saturated heterocycles. The fraction of sp³-hybridized carbons (Fsp3) is 0. The molecule has 0 radical (unpaired) electrons. The van der Waals surface area contributed by atoms with E-state index in [1.54, 1.807) is 18.4 Å². The second-order valence-corrected chi connectivity index (χ2v) is 4.73. The predicted octanol–water partition coefficient (Wildman–Crippen LogP) is 3.47. The molecule has 1 aromatic heterocycles. The van der Waals surface area contributed by atoms with Crippen LogP contribution < -0.4 is 0 Å². The quantitative estimate of drug-likeness (QED) is 0.628. The van der Waals surface area contributed by atoms with Crippen LogP contribution in [-0.2, 0) is 0 Å². The van der Waals surface area contributed by atoms with Gasteiger partial charge in [-0.25, -0.2) is 0 Å². The van der Waals surface area contributed by atoms with E-state index in [0.717, 1.165) is 16.2 Å². The summed E-state index contributed by atoms with van der Waals surface area (Å²) in [6.45, 7) is 0. The Balaban J connectivity index is 2.27. The van der Waals surface area contributed by atoms with Crippen molar-refractivity contribution in [3.63, 3.8) is 0 Å². The van der Waals surface area contributed by atoms with Gasteiger partial charge in [-0.05, 0) is 23.8 Å². The number of halogens is 2. The first kappa shape index (κ1) is 14.2. The van der Waals surface area contributed by atoms with Crippen molar-refractivity contribution in [2.24, 2.45) is 4.99 Å². The average molecular weight is 296 g/mol. The highest BCUT2D eigenvalue weighted by Crippen LogP contribution is 2.31. The zero-order valence-electron chi connectivity index (χ0n) is 11.5. The first-order chi connectivity index (χ1) is 10.7. The minimum Gasteiger partial charge on any atom is -0.331 e. The number of hydrogen-bond donors (Lipinski definition) is 0. The van der Waals surface area contributed by atoms with Gasteiger partial charge in [0.15, 0.2) is 6.29 Å². The molecule has 0 saturated carbocycles. The number of hydrogen-bond acceptors (Lipinski definition) is 2. The minimum absolute atomic E-state index is 0.204. The zero-order chi connectivity index (χ0) is 15.5. The van der Waals surface area contributed by atoms with Gasteiger partial charge >= 0.3 is 7.40 Å². The fourth-order valence-electron chi connectivity index (χ4n) is 2.41. The summed E-state index contributed by atoms with van der Waals surface area (Å²) in [5.41, 5.74) is 2.39. The average Bonchev–Trinajstić information content (AvgIpc) is 3.19. The third kappa shape index (κ3) is 2.55. The lowest BCUT2D eigenvalue weighted by Gasteiger charge is -2.12. The normalized spacial score (nSPS) is 15.2. The summed E-state index contributed by atoms with van der Waals surface area (Å²) in [5.74, 6) is 0. The van der Waals surface area contributed by atoms with Gasteiger partial charge in [0, 0.05) is 29.2 Å². The molecular formula is C16H11BF2N2O. The highest BCUT2D eigenvalue weighted by molar-refractivity contribution is 6.41. The summed E-state index contributed by atoms with van der Waals surface area (Å²) in [6, 6.07) is 10.6. The van der Waals surface area contributed by atoms with Crippen molar-refractivity contribution in [2.45, 2.75) is 0 Å². The third-order valence-corrected chi connectivity index (χ3v) is 3.34. The molecule has 1 aliphatic heterocycles. The van der Waals surface area contributed by atoms with Gasteiger partial charge in [0.2, 0.25) is 0 Å². The molecule has 0 fully saturated rings. The maximum Gasteiger partial charge on any atom is 0.677 e. The highest BCUT2D eigenvalue weighted by atomic mass is 19.2. The first-order valence-corrected chi connectivity index (χ1v) is 6.66. The van der Waals surface area contributed by atoms with Crippen LogP contribution in [0.15, 0.2) is 65.4 Å². The zero-order valence-corrected chi connectivity index (χ0v) is 11.5. The van der Waals surface area contributed by atoms with Crippen LogP contribution in [0.25, 0.3) is 5.57 Å². The Kier molecular flexibility index (Phi) is 3.83. The van der Waals surface area contributed by atoms with E-state index in [9.17, 15) is 13.4 Å². The molecule has 0 aliphatic carbocycles. The molecule has 2 heterocycles. The van der Waals surface area contributed by atoms with E-state index in [1.807, 2.05) is 30.3 Å². The lowest BCUT2D eigenvalue weighted by atomic mass is 9.99.